The van der Waals surface area contributed by atoms with Crippen LogP contribution in [0.15, 0.2) is 18.6 Å². The minimum Gasteiger partial charge on any atom is -0.390 e. The molecule has 1 amide bonds. The number of rotatable bonds is 5. The van der Waals surface area contributed by atoms with E-state index in [2.05, 4.69) is 15.3 Å². The summed E-state index contributed by atoms with van der Waals surface area (Å²) in [6.07, 6.45) is 10.6. The summed E-state index contributed by atoms with van der Waals surface area (Å²) in [5.41, 5.74) is 0.132. The number of amides is 1. The predicted octanol–water partition coefficient (Wildman–Crippen LogP) is 1.32. The molecule has 0 aromatic carbocycles. The van der Waals surface area contributed by atoms with Gasteiger partial charge in [-0.05, 0) is 45.2 Å². The van der Waals surface area contributed by atoms with Crippen LogP contribution in [0.1, 0.15) is 55.4 Å². The number of nitrogens with one attached hydrogen (secondary N) is 1. The third-order valence-corrected chi connectivity index (χ3v) is 5.45. The van der Waals surface area contributed by atoms with Gasteiger partial charge in [-0.15, -0.1) is 0 Å². The van der Waals surface area contributed by atoms with Gasteiger partial charge in [0.05, 0.1) is 6.20 Å². The Balaban J connectivity index is 1.69. The minimum absolute atomic E-state index is 0.0408. The summed E-state index contributed by atoms with van der Waals surface area (Å²) >= 11 is 0. The summed E-state index contributed by atoms with van der Waals surface area (Å²) < 4.78 is 5.19. The molecule has 1 aromatic rings. The molecule has 3 rings (SSSR count). The molecule has 1 aromatic heterocycles. The maximum Gasteiger partial charge on any atom is 0.336 e. The molecule has 1 saturated carbocycles. The van der Waals surface area contributed by atoms with Crippen LogP contribution in [0.2, 0.25) is 0 Å². The van der Waals surface area contributed by atoms with E-state index in [1.807, 2.05) is 11.9 Å². The second kappa shape index (κ2) is 9.03. The number of esters is 2. The molecule has 0 unspecified atom stereocenters. The van der Waals surface area contributed by atoms with Crippen LogP contribution in [-0.4, -0.2) is 58.4 Å². The predicted molar refractivity (Wildman–Crippen MR) is 96.6 cm³/mol. The number of hydrogen-bond donors (Lipinski definition) is 1. The second-order valence-corrected chi connectivity index (χ2v) is 7.32. The number of likely N-dealkylation sites (N-methyl/N-ethyl adjacent to an activating group) is 1. The molecule has 2 atom stereocenters. The molecule has 1 saturated heterocycles. The standard InChI is InChI=1S/C19H26N4O4/c1-23-11-5-8-15(23)18(25)27-19(26)16(13-6-3-2-4-7-13)22-17(24)14-12-20-9-10-21-14/h9-10,12-13,15-16H,2-8,11H2,1H3,(H,22,24)/t15-,16-/m0/s1. The highest BCUT2D eigenvalue weighted by atomic mass is 16.6. The fourth-order valence-electron chi connectivity index (χ4n) is 3.91. The van der Waals surface area contributed by atoms with Gasteiger partial charge in [0.25, 0.3) is 5.91 Å². The molecular formula is C19H26N4O4. The first-order valence-corrected chi connectivity index (χ1v) is 9.59. The smallest absolute Gasteiger partial charge is 0.336 e. The summed E-state index contributed by atoms with van der Waals surface area (Å²) in [5, 5.41) is 2.73. The summed E-state index contributed by atoms with van der Waals surface area (Å²) in [4.78, 5) is 47.4. The second-order valence-electron chi connectivity index (χ2n) is 7.32. The average Bonchev–Trinajstić information content (AvgIpc) is 3.13. The molecule has 2 heterocycles. The summed E-state index contributed by atoms with van der Waals surface area (Å²) in [5.74, 6) is -1.74. The summed E-state index contributed by atoms with van der Waals surface area (Å²) in [7, 11) is 1.85. The van der Waals surface area contributed by atoms with Crippen molar-refractivity contribution in [2.45, 2.75) is 57.0 Å². The quantitative estimate of drug-likeness (QED) is 0.612. The number of nitrogens with zero attached hydrogens (tertiary/aromatic N) is 3. The first-order valence-electron chi connectivity index (χ1n) is 9.59. The normalized spacial score (nSPS) is 22.2. The molecule has 0 spiro atoms. The number of aromatic nitrogens is 2. The Morgan fingerprint density at radius 3 is 2.56 bits per heavy atom. The van der Waals surface area contributed by atoms with Crippen molar-refractivity contribution in [1.82, 2.24) is 20.2 Å². The van der Waals surface area contributed by atoms with Gasteiger partial charge in [0.15, 0.2) is 0 Å². The van der Waals surface area contributed by atoms with E-state index in [1.54, 1.807) is 0 Å². The number of ether oxygens (including phenoxy) is 1. The number of likely N-dealkylation sites (tertiary alicyclic amines) is 1. The highest BCUT2D eigenvalue weighted by Crippen LogP contribution is 2.27. The Hall–Kier alpha value is -2.35. The van der Waals surface area contributed by atoms with E-state index < -0.39 is 29.9 Å². The van der Waals surface area contributed by atoms with Gasteiger partial charge in [-0.25, -0.2) is 14.6 Å². The first-order chi connectivity index (χ1) is 13.1. The van der Waals surface area contributed by atoms with Crippen molar-refractivity contribution >= 4 is 17.8 Å². The van der Waals surface area contributed by atoms with Crippen LogP contribution in [0.25, 0.3) is 0 Å². The Bertz CT molecular complexity index is 676. The fraction of sp³-hybridized carbons (Fsp3) is 0.632. The van der Waals surface area contributed by atoms with Crippen molar-refractivity contribution in [3.8, 4) is 0 Å². The van der Waals surface area contributed by atoms with Gasteiger partial charge in [-0.2, -0.15) is 0 Å². The SMILES string of the molecule is CN1CCC[C@H]1C(=O)OC(=O)[C@@H](NC(=O)c1cnccn1)C1CCCCC1. The Morgan fingerprint density at radius 2 is 1.93 bits per heavy atom. The molecule has 0 bridgehead atoms. The molecule has 146 valence electrons. The van der Waals surface area contributed by atoms with Gasteiger partial charge in [-0.1, -0.05) is 19.3 Å². The number of carbonyl (C=O) groups is 3. The third kappa shape index (κ3) is 4.88. The molecule has 0 radical (unpaired) electrons. The van der Waals surface area contributed by atoms with E-state index in [1.165, 1.54) is 18.6 Å². The maximum absolute atomic E-state index is 12.8. The van der Waals surface area contributed by atoms with Crippen LogP contribution in [0.5, 0.6) is 0 Å². The van der Waals surface area contributed by atoms with Crippen molar-refractivity contribution in [1.29, 1.82) is 0 Å². The minimum atomic E-state index is -0.851. The van der Waals surface area contributed by atoms with E-state index in [0.29, 0.717) is 6.42 Å². The van der Waals surface area contributed by atoms with E-state index in [9.17, 15) is 14.4 Å². The first kappa shape index (κ1) is 19.4. The largest absolute Gasteiger partial charge is 0.390 e. The lowest BCUT2D eigenvalue weighted by Gasteiger charge is -2.29. The molecule has 8 heteroatoms. The van der Waals surface area contributed by atoms with Crippen LogP contribution in [0.3, 0.4) is 0 Å². The fourth-order valence-corrected chi connectivity index (χ4v) is 3.91. The van der Waals surface area contributed by atoms with E-state index in [4.69, 9.17) is 4.74 Å². The van der Waals surface area contributed by atoms with E-state index in [-0.39, 0.29) is 11.6 Å². The zero-order valence-electron chi connectivity index (χ0n) is 15.6. The van der Waals surface area contributed by atoms with Crippen LogP contribution in [0.4, 0.5) is 0 Å². The van der Waals surface area contributed by atoms with Gasteiger partial charge in [0, 0.05) is 12.4 Å². The molecule has 2 fully saturated rings. The van der Waals surface area contributed by atoms with Gasteiger partial charge >= 0.3 is 11.9 Å². The van der Waals surface area contributed by atoms with Gasteiger partial charge in [0.1, 0.15) is 17.8 Å². The molecule has 1 N–H and O–H groups in total. The lowest BCUT2D eigenvalue weighted by atomic mass is 9.84. The van der Waals surface area contributed by atoms with Crippen molar-refractivity contribution in [2.75, 3.05) is 13.6 Å². The molecule has 27 heavy (non-hydrogen) atoms. The molecular weight excluding hydrogens is 348 g/mol. The van der Waals surface area contributed by atoms with Crippen molar-refractivity contribution in [2.24, 2.45) is 5.92 Å². The van der Waals surface area contributed by atoms with Crippen molar-refractivity contribution in [3.63, 3.8) is 0 Å². The van der Waals surface area contributed by atoms with Crippen molar-refractivity contribution < 1.29 is 19.1 Å². The summed E-state index contributed by atoms with van der Waals surface area (Å²) in [6.45, 7) is 0.809. The van der Waals surface area contributed by atoms with Crippen LogP contribution in [0, 0.1) is 5.92 Å². The zero-order chi connectivity index (χ0) is 19.2. The van der Waals surface area contributed by atoms with E-state index >= 15 is 0 Å². The Kier molecular flexibility index (Phi) is 6.49. The van der Waals surface area contributed by atoms with Gasteiger partial charge in [-0.3, -0.25) is 14.7 Å². The zero-order valence-corrected chi connectivity index (χ0v) is 15.6. The average molecular weight is 374 g/mol. The van der Waals surface area contributed by atoms with Crippen LogP contribution in [-0.2, 0) is 14.3 Å². The molecule has 8 nitrogen and oxygen atoms in total. The molecule has 2 aliphatic rings. The van der Waals surface area contributed by atoms with E-state index in [0.717, 1.165) is 45.1 Å². The topological polar surface area (TPSA) is 101 Å². The van der Waals surface area contributed by atoms with Gasteiger partial charge < -0.3 is 10.1 Å². The molecule has 1 aliphatic carbocycles. The van der Waals surface area contributed by atoms with Crippen LogP contribution >= 0.6 is 0 Å². The Labute approximate surface area is 158 Å². The Morgan fingerprint density at radius 1 is 1.15 bits per heavy atom. The molecule has 1 aliphatic heterocycles. The van der Waals surface area contributed by atoms with Gasteiger partial charge in [0.2, 0.25) is 0 Å². The highest BCUT2D eigenvalue weighted by molar-refractivity contribution is 5.97. The number of hydrogen-bond acceptors (Lipinski definition) is 7. The van der Waals surface area contributed by atoms with Crippen LogP contribution < -0.4 is 5.32 Å². The lowest BCUT2D eigenvalue weighted by molar-refractivity contribution is -0.165. The highest BCUT2D eigenvalue weighted by Gasteiger charge is 2.37. The monoisotopic (exact) mass is 374 g/mol. The number of carbonyl (C=O) groups excluding carboxylic acids is 3. The third-order valence-electron chi connectivity index (χ3n) is 5.45. The van der Waals surface area contributed by atoms with Crippen molar-refractivity contribution in [3.05, 3.63) is 24.3 Å². The summed E-state index contributed by atoms with van der Waals surface area (Å²) in [6, 6.07) is -1.24. The lowest BCUT2D eigenvalue weighted by Crippen LogP contribution is -2.49. The maximum atomic E-state index is 12.8.